The Balaban J connectivity index is 1.83. The molecule has 224 valence electrons. The van der Waals surface area contributed by atoms with Crippen molar-refractivity contribution in [3.8, 4) is 0 Å². The Morgan fingerprint density at radius 3 is 2.61 bits per heavy atom. The Hall–Kier alpha value is -2.88. The molecule has 14 heteroatoms. The van der Waals surface area contributed by atoms with E-state index in [2.05, 4.69) is 52.1 Å². The first-order chi connectivity index (χ1) is 19.4. The van der Waals surface area contributed by atoms with E-state index in [0.717, 1.165) is 0 Å². The van der Waals surface area contributed by atoms with Gasteiger partial charge in [0.2, 0.25) is 12.5 Å². The first-order valence-corrected chi connectivity index (χ1v) is 15.0. The van der Waals surface area contributed by atoms with E-state index in [1.165, 1.54) is 4.57 Å². The van der Waals surface area contributed by atoms with Crippen LogP contribution in [0.5, 0.6) is 0 Å². The molecule has 2 bridgehead atoms. The summed E-state index contributed by atoms with van der Waals surface area (Å²) in [4.78, 5) is 44.3. The molecule has 1 N–H and O–H groups in total. The quantitative estimate of drug-likeness (QED) is 0.225. The highest BCUT2D eigenvalue weighted by Crippen LogP contribution is 2.57. The van der Waals surface area contributed by atoms with Crippen molar-refractivity contribution in [3.05, 3.63) is 56.3 Å². The average Bonchev–Trinajstić information content (AvgIpc) is 3.40. The largest absolute Gasteiger partial charge is 0.347 e. The summed E-state index contributed by atoms with van der Waals surface area (Å²) in [6.07, 6.45) is 2.58. The number of aryl methyl sites for hydroxylation is 1. The van der Waals surface area contributed by atoms with Crippen LogP contribution in [-0.4, -0.2) is 87.8 Å². The molecule has 4 rings (SSSR count). The van der Waals surface area contributed by atoms with Gasteiger partial charge in [-0.15, -0.1) is 0 Å². The lowest BCUT2D eigenvalue weighted by Gasteiger charge is -2.38. The van der Waals surface area contributed by atoms with Crippen LogP contribution in [0.2, 0.25) is 0 Å². The minimum Gasteiger partial charge on any atom is -0.347 e. The van der Waals surface area contributed by atoms with Crippen LogP contribution in [0.15, 0.2) is 28.0 Å². The van der Waals surface area contributed by atoms with Crippen molar-refractivity contribution < 1.29 is 13.8 Å². The molecular formula is C27H41N8O5P. The third-order valence-electron chi connectivity index (χ3n) is 7.47. The maximum Gasteiger partial charge on any atom is 0.330 e. The lowest BCUT2D eigenvalue weighted by Crippen LogP contribution is -2.49. The van der Waals surface area contributed by atoms with Crippen LogP contribution < -0.4 is 21.0 Å². The molecule has 2 aromatic heterocycles. The SMILES string of the molecule is [C-]#[N+]CCOP(O[C@H]1[C@@H]2[C@H](n3cc(C)c(=O)[nH]c3=O)O[C@@]1(CC)CN2c1ccnc(N(C)C)n1)N(C(C)C)C(C)C. The zero-order chi connectivity index (χ0) is 30.1. The molecular weight excluding hydrogens is 547 g/mol. The van der Waals surface area contributed by atoms with Gasteiger partial charge in [0.05, 0.1) is 6.54 Å². The second-order valence-electron chi connectivity index (χ2n) is 11.2. The van der Waals surface area contributed by atoms with Gasteiger partial charge in [-0.3, -0.25) is 14.3 Å². The lowest BCUT2D eigenvalue weighted by atomic mass is 9.96. The Kier molecular flexibility index (Phi) is 9.51. The number of ether oxygens (including phenoxy) is 1. The van der Waals surface area contributed by atoms with Crippen molar-refractivity contribution in [1.82, 2.24) is 24.2 Å². The number of hydrogen-bond acceptors (Lipinski definition) is 10. The van der Waals surface area contributed by atoms with Gasteiger partial charge in [0.15, 0.2) is 6.23 Å². The Labute approximate surface area is 242 Å². The van der Waals surface area contributed by atoms with Gasteiger partial charge in [-0.05, 0) is 47.1 Å². The van der Waals surface area contributed by atoms with Crippen LogP contribution >= 0.6 is 8.53 Å². The molecule has 2 aromatic rings. The summed E-state index contributed by atoms with van der Waals surface area (Å²) in [7, 11) is 2.17. The fraction of sp³-hybridized carbons (Fsp3) is 0.667. The van der Waals surface area contributed by atoms with Gasteiger partial charge in [-0.2, -0.15) is 4.98 Å². The topological polar surface area (TPSA) is 122 Å². The fourth-order valence-corrected chi connectivity index (χ4v) is 7.37. The molecule has 0 aromatic carbocycles. The second-order valence-corrected chi connectivity index (χ2v) is 12.6. The number of fused-ring (bicyclic) bond motifs is 2. The molecule has 0 amide bonds. The molecule has 2 saturated heterocycles. The Morgan fingerprint density at radius 1 is 1.29 bits per heavy atom. The van der Waals surface area contributed by atoms with E-state index >= 15 is 0 Å². The molecule has 5 atom stereocenters. The molecule has 4 heterocycles. The first-order valence-electron chi connectivity index (χ1n) is 13.9. The van der Waals surface area contributed by atoms with Crippen LogP contribution in [0, 0.1) is 13.5 Å². The minimum absolute atomic E-state index is 0.118. The van der Waals surface area contributed by atoms with Crippen molar-refractivity contribution in [1.29, 1.82) is 0 Å². The number of morpholine rings is 1. The summed E-state index contributed by atoms with van der Waals surface area (Å²) in [5.41, 5.74) is -1.39. The predicted molar refractivity (Wildman–Crippen MR) is 158 cm³/mol. The number of rotatable bonds is 12. The zero-order valence-electron chi connectivity index (χ0n) is 25.1. The van der Waals surface area contributed by atoms with Gasteiger partial charge in [0.1, 0.15) is 30.2 Å². The van der Waals surface area contributed by atoms with Crippen molar-refractivity contribution in [2.45, 2.75) is 84.0 Å². The molecule has 13 nitrogen and oxygen atoms in total. The first kappa shape index (κ1) is 31.1. The highest BCUT2D eigenvalue weighted by atomic mass is 31.2. The van der Waals surface area contributed by atoms with Gasteiger partial charge in [-0.25, -0.2) is 21.0 Å². The number of aromatic amines is 1. The Morgan fingerprint density at radius 2 is 2.00 bits per heavy atom. The van der Waals surface area contributed by atoms with Crippen LogP contribution in [-0.2, 0) is 13.8 Å². The monoisotopic (exact) mass is 588 g/mol. The number of aromatic nitrogens is 4. The normalized spacial score (nSPS) is 24.4. The Bertz CT molecular complexity index is 1370. The van der Waals surface area contributed by atoms with E-state index < -0.39 is 43.7 Å². The maximum atomic E-state index is 13.1. The number of H-pyrrole nitrogens is 1. The molecule has 0 saturated carbocycles. The third-order valence-corrected chi connectivity index (χ3v) is 9.58. The second kappa shape index (κ2) is 12.5. The zero-order valence-corrected chi connectivity index (χ0v) is 26.0. The molecule has 2 aliphatic heterocycles. The van der Waals surface area contributed by atoms with E-state index in [1.54, 1.807) is 19.3 Å². The molecule has 2 aliphatic rings. The molecule has 0 aliphatic carbocycles. The molecule has 41 heavy (non-hydrogen) atoms. The summed E-state index contributed by atoms with van der Waals surface area (Å²) in [6.45, 7) is 20.2. The van der Waals surface area contributed by atoms with E-state index in [0.29, 0.717) is 30.3 Å². The van der Waals surface area contributed by atoms with E-state index in [1.807, 2.05) is 32.0 Å². The highest BCUT2D eigenvalue weighted by Gasteiger charge is 2.66. The van der Waals surface area contributed by atoms with Crippen LogP contribution in [0.3, 0.4) is 0 Å². The fourth-order valence-electron chi connectivity index (χ4n) is 5.56. The summed E-state index contributed by atoms with van der Waals surface area (Å²) in [5.74, 6) is 1.24. The van der Waals surface area contributed by atoms with Crippen molar-refractivity contribution in [2.24, 2.45) is 0 Å². The van der Waals surface area contributed by atoms with Crippen LogP contribution in [0.25, 0.3) is 4.85 Å². The maximum absolute atomic E-state index is 13.1. The molecule has 0 spiro atoms. The summed E-state index contributed by atoms with van der Waals surface area (Å²) >= 11 is 0. The molecule has 2 fully saturated rings. The highest BCUT2D eigenvalue weighted by molar-refractivity contribution is 7.44. The minimum atomic E-state index is -1.59. The number of nitrogens with zero attached hydrogens (tertiary/aromatic N) is 7. The van der Waals surface area contributed by atoms with E-state index in [-0.39, 0.29) is 25.2 Å². The van der Waals surface area contributed by atoms with Crippen molar-refractivity contribution >= 4 is 20.3 Å². The standard InChI is InChI=1S/C27H41N8O5P/c1-10-27-16-34(20-11-12-29-25(30-20)32(8)9)21(24(39-27)33-15-19(6)23(36)31-26(33)37)22(27)40-41(38-14-13-28-7)35(17(2)3)18(4)5/h11-12,15,17-18,21-22,24H,10,13-14,16H2,1-6,8-9H3,(H,31,36,37)/t21-,22+,24-,27+,41?/m1/s1. The lowest BCUT2D eigenvalue weighted by molar-refractivity contribution is -0.104. The van der Waals surface area contributed by atoms with Gasteiger partial charge >= 0.3 is 5.69 Å². The van der Waals surface area contributed by atoms with Crippen LogP contribution in [0.1, 0.15) is 52.8 Å². The predicted octanol–water partition coefficient (Wildman–Crippen LogP) is 2.93. The van der Waals surface area contributed by atoms with Crippen molar-refractivity contribution in [3.63, 3.8) is 0 Å². The van der Waals surface area contributed by atoms with Crippen molar-refractivity contribution in [2.75, 3.05) is 43.6 Å². The van der Waals surface area contributed by atoms with E-state index in [4.69, 9.17) is 25.3 Å². The summed E-state index contributed by atoms with van der Waals surface area (Å²) < 4.78 is 23.6. The average molecular weight is 589 g/mol. The third kappa shape index (κ3) is 6.03. The van der Waals surface area contributed by atoms with Gasteiger partial charge in [0.25, 0.3) is 14.1 Å². The molecule has 0 radical (unpaired) electrons. The molecule has 1 unspecified atom stereocenters. The van der Waals surface area contributed by atoms with Gasteiger partial charge in [-0.1, -0.05) is 6.92 Å². The number of anilines is 2. The van der Waals surface area contributed by atoms with Gasteiger partial charge in [0, 0.05) is 44.1 Å². The number of nitrogens with one attached hydrogen (secondary N) is 1. The van der Waals surface area contributed by atoms with Crippen LogP contribution in [0.4, 0.5) is 11.8 Å². The number of hydrogen-bond donors (Lipinski definition) is 1. The van der Waals surface area contributed by atoms with Gasteiger partial charge < -0.3 is 28.4 Å². The summed E-state index contributed by atoms with van der Waals surface area (Å²) in [5, 5.41) is 0. The summed E-state index contributed by atoms with van der Waals surface area (Å²) in [6, 6.07) is 1.61. The van der Waals surface area contributed by atoms with E-state index in [9.17, 15) is 9.59 Å². The smallest absolute Gasteiger partial charge is 0.330 e.